The topological polar surface area (TPSA) is 70.7 Å². The lowest BCUT2D eigenvalue weighted by atomic mass is 10.3. The monoisotopic (exact) mass is 323 g/mol. The first-order valence-electron chi connectivity index (χ1n) is 5.45. The Morgan fingerprint density at radius 3 is 2.00 bits per heavy atom. The van der Waals surface area contributed by atoms with Gasteiger partial charge in [-0.15, -0.1) is 0 Å². The van der Waals surface area contributed by atoms with Gasteiger partial charge in [0.05, 0.1) is 4.90 Å². The molecule has 0 saturated heterocycles. The van der Waals surface area contributed by atoms with Crippen molar-refractivity contribution < 1.29 is 12.9 Å². The third-order valence-corrected chi connectivity index (χ3v) is 7.22. The SMILES string of the molecule is CNP(=S)(NC)Oc1ccc(S(=O)(=O)N(C)C)cc1. The molecular weight excluding hydrogens is 305 g/mol. The van der Waals surface area contributed by atoms with Crippen molar-refractivity contribution in [3.63, 3.8) is 0 Å². The van der Waals surface area contributed by atoms with Crippen LogP contribution in [-0.4, -0.2) is 40.9 Å². The van der Waals surface area contributed by atoms with Gasteiger partial charge in [0, 0.05) is 14.1 Å². The van der Waals surface area contributed by atoms with Gasteiger partial charge in [-0.05, 0) is 50.2 Å². The van der Waals surface area contributed by atoms with Crippen LogP contribution in [0.5, 0.6) is 5.75 Å². The molecule has 0 aliphatic carbocycles. The zero-order chi connectivity index (χ0) is 14.7. The van der Waals surface area contributed by atoms with Gasteiger partial charge in [-0.3, -0.25) is 0 Å². The van der Waals surface area contributed by atoms with Crippen molar-refractivity contribution in [3.05, 3.63) is 24.3 Å². The molecule has 0 atom stereocenters. The standard InChI is InChI=1S/C10H18N3O3PS2/c1-11-17(18,12-2)16-9-5-7-10(8-6-9)19(14,15)13(3)4/h5-8H,1-4H3,(H2,11,12,18). The molecule has 1 aromatic carbocycles. The fraction of sp³-hybridized carbons (Fsp3) is 0.400. The molecule has 0 unspecified atom stereocenters. The summed E-state index contributed by atoms with van der Waals surface area (Å²) in [6, 6.07) is 6.17. The molecule has 1 rings (SSSR count). The molecular formula is C10H18N3O3PS2. The molecule has 0 aliphatic heterocycles. The highest BCUT2D eigenvalue weighted by Gasteiger charge is 2.18. The van der Waals surface area contributed by atoms with E-state index in [-0.39, 0.29) is 4.90 Å². The molecule has 2 N–H and O–H groups in total. The molecule has 0 spiro atoms. The minimum absolute atomic E-state index is 0.215. The molecule has 0 heterocycles. The minimum atomic E-state index is -3.42. The van der Waals surface area contributed by atoms with E-state index in [1.165, 1.54) is 26.2 Å². The molecule has 108 valence electrons. The second kappa shape index (κ2) is 6.30. The van der Waals surface area contributed by atoms with Gasteiger partial charge < -0.3 is 4.52 Å². The molecule has 1 aromatic rings. The van der Waals surface area contributed by atoms with Gasteiger partial charge in [-0.2, -0.15) is 0 Å². The van der Waals surface area contributed by atoms with Gasteiger partial charge in [0.1, 0.15) is 5.75 Å². The van der Waals surface area contributed by atoms with Crippen LogP contribution in [0.2, 0.25) is 0 Å². The third kappa shape index (κ3) is 3.98. The average Bonchev–Trinajstić information content (AvgIpc) is 2.39. The molecule has 0 radical (unpaired) electrons. The summed E-state index contributed by atoms with van der Waals surface area (Å²) in [5, 5.41) is 5.81. The summed E-state index contributed by atoms with van der Waals surface area (Å²) in [5.74, 6) is 0.518. The van der Waals surface area contributed by atoms with Crippen molar-refractivity contribution in [1.29, 1.82) is 0 Å². The Morgan fingerprint density at radius 1 is 1.16 bits per heavy atom. The number of sulfonamides is 1. The largest absolute Gasteiger partial charge is 0.441 e. The lowest BCUT2D eigenvalue weighted by Crippen LogP contribution is -2.22. The number of rotatable bonds is 6. The maximum Gasteiger partial charge on any atom is 0.247 e. The predicted molar refractivity (Wildman–Crippen MR) is 80.3 cm³/mol. The van der Waals surface area contributed by atoms with Gasteiger partial charge in [-0.25, -0.2) is 22.9 Å². The molecule has 0 aliphatic rings. The average molecular weight is 323 g/mol. The first kappa shape index (κ1) is 16.6. The highest BCUT2D eigenvalue weighted by atomic mass is 32.4. The first-order valence-corrected chi connectivity index (χ1v) is 9.61. The maximum absolute atomic E-state index is 11.9. The molecule has 0 fully saturated rings. The Kier molecular flexibility index (Phi) is 5.49. The fourth-order valence-electron chi connectivity index (χ4n) is 1.23. The summed E-state index contributed by atoms with van der Waals surface area (Å²) in [6.45, 7) is -2.30. The summed E-state index contributed by atoms with van der Waals surface area (Å²) in [5.41, 5.74) is 0. The summed E-state index contributed by atoms with van der Waals surface area (Å²) in [7, 11) is 2.98. The summed E-state index contributed by atoms with van der Waals surface area (Å²) >= 11 is 5.27. The van der Waals surface area contributed by atoms with E-state index in [4.69, 9.17) is 16.3 Å². The lowest BCUT2D eigenvalue weighted by molar-refractivity contribution is 0.520. The molecule has 0 saturated carbocycles. The van der Waals surface area contributed by atoms with Crippen LogP contribution < -0.4 is 14.7 Å². The molecule has 6 nitrogen and oxygen atoms in total. The second-order valence-corrected chi connectivity index (χ2v) is 9.72. The van der Waals surface area contributed by atoms with Crippen LogP contribution in [0.4, 0.5) is 0 Å². The second-order valence-electron chi connectivity index (χ2n) is 3.85. The molecule has 0 bridgehead atoms. The lowest BCUT2D eigenvalue weighted by Gasteiger charge is -2.21. The van der Waals surface area contributed by atoms with Crippen molar-refractivity contribution in [2.45, 2.75) is 4.90 Å². The predicted octanol–water partition coefficient (Wildman–Crippen LogP) is 0.979. The Labute approximate surface area is 119 Å². The van der Waals surface area contributed by atoms with Gasteiger partial charge in [0.25, 0.3) is 0 Å². The smallest absolute Gasteiger partial charge is 0.247 e. The molecule has 9 heteroatoms. The van der Waals surface area contributed by atoms with Crippen molar-refractivity contribution in [3.8, 4) is 5.75 Å². The van der Waals surface area contributed by atoms with Crippen LogP contribution in [-0.2, 0) is 21.8 Å². The van der Waals surface area contributed by atoms with E-state index >= 15 is 0 Å². The Morgan fingerprint density at radius 2 is 1.63 bits per heavy atom. The van der Waals surface area contributed by atoms with Gasteiger partial charge in [-0.1, -0.05) is 0 Å². The van der Waals surface area contributed by atoms with E-state index in [2.05, 4.69) is 10.2 Å². The van der Waals surface area contributed by atoms with Crippen LogP contribution >= 0.6 is 6.57 Å². The van der Waals surface area contributed by atoms with E-state index < -0.39 is 16.6 Å². The van der Waals surface area contributed by atoms with Gasteiger partial charge >= 0.3 is 0 Å². The van der Waals surface area contributed by atoms with Gasteiger partial charge in [0.2, 0.25) is 16.6 Å². The summed E-state index contributed by atoms with van der Waals surface area (Å²) in [6.07, 6.45) is 0. The number of nitrogens with one attached hydrogen (secondary N) is 2. The minimum Gasteiger partial charge on any atom is -0.441 e. The zero-order valence-electron chi connectivity index (χ0n) is 11.2. The van der Waals surface area contributed by atoms with Gasteiger partial charge in [0.15, 0.2) is 0 Å². The Bertz CT molecular complexity index is 564. The quantitative estimate of drug-likeness (QED) is 0.761. The highest BCUT2D eigenvalue weighted by Crippen LogP contribution is 2.37. The molecule has 0 amide bonds. The summed E-state index contributed by atoms with van der Waals surface area (Å²) in [4.78, 5) is 0.215. The van der Waals surface area contributed by atoms with Crippen LogP contribution in [0.25, 0.3) is 0 Å². The van der Waals surface area contributed by atoms with Crippen LogP contribution in [0, 0.1) is 0 Å². The fourth-order valence-corrected chi connectivity index (χ4v) is 3.22. The first-order chi connectivity index (χ1) is 8.75. The van der Waals surface area contributed by atoms with E-state index in [9.17, 15) is 8.42 Å². The zero-order valence-corrected chi connectivity index (χ0v) is 13.8. The normalized spacial score (nSPS) is 12.7. The van der Waals surface area contributed by atoms with Crippen LogP contribution in [0.15, 0.2) is 29.2 Å². The van der Waals surface area contributed by atoms with Crippen molar-refractivity contribution in [2.75, 3.05) is 28.2 Å². The highest BCUT2D eigenvalue weighted by molar-refractivity contribution is 8.10. The van der Waals surface area contributed by atoms with Crippen molar-refractivity contribution in [1.82, 2.24) is 14.5 Å². The van der Waals surface area contributed by atoms with E-state index in [1.54, 1.807) is 26.2 Å². The molecule has 19 heavy (non-hydrogen) atoms. The number of hydrogen-bond donors (Lipinski definition) is 2. The van der Waals surface area contributed by atoms with E-state index in [0.29, 0.717) is 5.75 Å². The van der Waals surface area contributed by atoms with Crippen molar-refractivity contribution in [2.24, 2.45) is 0 Å². The third-order valence-electron chi connectivity index (χ3n) is 2.43. The Hall–Kier alpha value is -0.500. The van der Waals surface area contributed by atoms with Crippen molar-refractivity contribution >= 4 is 28.4 Å². The number of nitrogens with zero attached hydrogens (tertiary/aromatic N) is 1. The maximum atomic E-state index is 11.9. The molecule has 0 aromatic heterocycles. The van der Waals surface area contributed by atoms with E-state index in [1.807, 2.05) is 0 Å². The number of hydrogen-bond acceptors (Lipinski definition) is 4. The Balaban J connectivity index is 2.98. The van der Waals surface area contributed by atoms with Crippen LogP contribution in [0.1, 0.15) is 0 Å². The van der Waals surface area contributed by atoms with E-state index in [0.717, 1.165) is 4.31 Å². The van der Waals surface area contributed by atoms with Crippen LogP contribution in [0.3, 0.4) is 0 Å². The number of benzene rings is 1. The summed E-state index contributed by atoms with van der Waals surface area (Å²) < 4.78 is 30.6.